The van der Waals surface area contributed by atoms with Crippen LogP contribution in [0.5, 0.6) is 5.75 Å². The first kappa shape index (κ1) is 16.7. The van der Waals surface area contributed by atoms with Gasteiger partial charge in [-0.2, -0.15) is 5.10 Å². The van der Waals surface area contributed by atoms with Gasteiger partial charge in [0.1, 0.15) is 5.75 Å². The fraction of sp³-hybridized carbons (Fsp3) is 0.143. The highest BCUT2D eigenvalue weighted by Crippen LogP contribution is 2.19. The van der Waals surface area contributed by atoms with E-state index in [2.05, 4.69) is 10.5 Å². The summed E-state index contributed by atoms with van der Waals surface area (Å²) in [6.45, 7) is 1.85. The van der Waals surface area contributed by atoms with Gasteiger partial charge in [-0.05, 0) is 35.4 Å². The van der Waals surface area contributed by atoms with Crippen molar-refractivity contribution in [3.63, 3.8) is 0 Å². The fourth-order valence-electron chi connectivity index (χ4n) is 2.72. The summed E-state index contributed by atoms with van der Waals surface area (Å²) in [5, 5.41) is 6.43. The van der Waals surface area contributed by atoms with Gasteiger partial charge in [0.2, 0.25) is 5.91 Å². The molecule has 25 heavy (non-hydrogen) atoms. The Bertz CT molecular complexity index is 927. The highest BCUT2D eigenvalue weighted by Gasteiger charge is 2.07. The standard InChI is InChI=1S/C21H20N2O2/c1-15(17-9-6-11-19(13-17)25-2)22-23-21(24)14-18-10-5-8-16-7-3-4-12-20(16)18/h3-13H,14H2,1-2H3,(H,23,24). The molecule has 0 spiro atoms. The maximum absolute atomic E-state index is 12.3. The van der Waals surface area contributed by atoms with E-state index in [1.54, 1.807) is 7.11 Å². The largest absolute Gasteiger partial charge is 0.497 e. The highest BCUT2D eigenvalue weighted by molar-refractivity contribution is 5.99. The summed E-state index contributed by atoms with van der Waals surface area (Å²) >= 11 is 0. The number of hydrogen-bond donors (Lipinski definition) is 1. The zero-order chi connectivity index (χ0) is 17.6. The second-order valence-electron chi connectivity index (χ2n) is 5.78. The third kappa shape index (κ3) is 4.04. The molecule has 3 aromatic carbocycles. The van der Waals surface area contributed by atoms with Crippen LogP contribution in [0.2, 0.25) is 0 Å². The summed E-state index contributed by atoms with van der Waals surface area (Å²) in [5.41, 5.74) is 5.26. The minimum absolute atomic E-state index is 0.140. The number of carbonyl (C=O) groups excluding carboxylic acids is 1. The molecule has 0 heterocycles. The molecule has 0 saturated heterocycles. The first-order valence-corrected chi connectivity index (χ1v) is 8.11. The van der Waals surface area contributed by atoms with Gasteiger partial charge in [-0.1, -0.05) is 54.6 Å². The molecule has 3 rings (SSSR count). The topological polar surface area (TPSA) is 50.7 Å². The van der Waals surface area contributed by atoms with Gasteiger partial charge in [0.05, 0.1) is 19.2 Å². The van der Waals surface area contributed by atoms with E-state index < -0.39 is 0 Å². The first-order valence-electron chi connectivity index (χ1n) is 8.11. The number of nitrogens with zero attached hydrogens (tertiary/aromatic N) is 1. The van der Waals surface area contributed by atoms with Crippen molar-refractivity contribution in [3.05, 3.63) is 77.9 Å². The zero-order valence-electron chi connectivity index (χ0n) is 14.3. The Morgan fingerprint density at radius 3 is 2.64 bits per heavy atom. The van der Waals surface area contributed by atoms with Crippen LogP contribution in [0.15, 0.2) is 71.8 Å². The van der Waals surface area contributed by atoms with Crippen LogP contribution in [-0.2, 0) is 11.2 Å². The third-order valence-electron chi connectivity index (χ3n) is 4.07. The zero-order valence-corrected chi connectivity index (χ0v) is 14.3. The van der Waals surface area contributed by atoms with Crippen molar-refractivity contribution in [2.45, 2.75) is 13.3 Å². The van der Waals surface area contributed by atoms with Gasteiger partial charge >= 0.3 is 0 Å². The van der Waals surface area contributed by atoms with Gasteiger partial charge < -0.3 is 4.74 Å². The molecular weight excluding hydrogens is 312 g/mol. The van der Waals surface area contributed by atoms with Gasteiger partial charge in [0, 0.05) is 5.56 Å². The van der Waals surface area contributed by atoms with Crippen molar-refractivity contribution in [2.24, 2.45) is 5.10 Å². The number of amides is 1. The molecule has 0 fully saturated rings. The number of benzene rings is 3. The number of ether oxygens (including phenoxy) is 1. The lowest BCUT2D eigenvalue weighted by molar-refractivity contribution is -0.120. The van der Waals surface area contributed by atoms with Crippen LogP contribution in [0.3, 0.4) is 0 Å². The lowest BCUT2D eigenvalue weighted by Crippen LogP contribution is -2.21. The lowest BCUT2D eigenvalue weighted by atomic mass is 10.0. The van der Waals surface area contributed by atoms with Crippen molar-refractivity contribution < 1.29 is 9.53 Å². The predicted octanol–water partition coefficient (Wildman–Crippen LogP) is 3.93. The van der Waals surface area contributed by atoms with Gasteiger partial charge in [0.15, 0.2) is 0 Å². The van der Waals surface area contributed by atoms with E-state index >= 15 is 0 Å². The van der Waals surface area contributed by atoms with E-state index in [1.807, 2.05) is 73.7 Å². The Labute approximate surface area is 147 Å². The molecule has 0 aliphatic carbocycles. The van der Waals surface area contributed by atoms with Gasteiger partial charge in [-0.15, -0.1) is 0 Å². The second kappa shape index (κ2) is 7.62. The molecule has 3 aromatic rings. The molecular formula is C21H20N2O2. The van der Waals surface area contributed by atoms with Crippen LogP contribution in [0.4, 0.5) is 0 Å². The van der Waals surface area contributed by atoms with Crippen molar-refractivity contribution in [1.29, 1.82) is 0 Å². The van der Waals surface area contributed by atoms with Gasteiger partial charge in [0.25, 0.3) is 0 Å². The molecule has 4 heteroatoms. The van der Waals surface area contributed by atoms with Crippen LogP contribution < -0.4 is 10.2 Å². The summed E-state index contributed by atoms with van der Waals surface area (Å²) in [6, 6.07) is 21.6. The molecule has 0 aliphatic rings. The summed E-state index contributed by atoms with van der Waals surface area (Å²) in [5.74, 6) is 0.618. The summed E-state index contributed by atoms with van der Waals surface area (Å²) in [4.78, 5) is 12.3. The number of methoxy groups -OCH3 is 1. The molecule has 1 amide bonds. The Hall–Kier alpha value is -3.14. The van der Waals surface area contributed by atoms with E-state index in [9.17, 15) is 4.79 Å². The van der Waals surface area contributed by atoms with Crippen LogP contribution >= 0.6 is 0 Å². The number of hydrazone groups is 1. The van der Waals surface area contributed by atoms with Crippen LogP contribution in [0.25, 0.3) is 10.8 Å². The predicted molar refractivity (Wildman–Crippen MR) is 101 cm³/mol. The fourth-order valence-corrected chi connectivity index (χ4v) is 2.72. The number of rotatable bonds is 5. The highest BCUT2D eigenvalue weighted by atomic mass is 16.5. The Morgan fingerprint density at radius 1 is 1.04 bits per heavy atom. The summed E-state index contributed by atoms with van der Waals surface area (Å²) in [6.07, 6.45) is 0.288. The molecule has 0 saturated carbocycles. The van der Waals surface area contributed by atoms with E-state index in [-0.39, 0.29) is 12.3 Å². The van der Waals surface area contributed by atoms with Crippen LogP contribution in [-0.4, -0.2) is 18.7 Å². The molecule has 0 radical (unpaired) electrons. The van der Waals surface area contributed by atoms with Crippen LogP contribution in [0.1, 0.15) is 18.1 Å². The Balaban J connectivity index is 1.71. The average molecular weight is 332 g/mol. The second-order valence-corrected chi connectivity index (χ2v) is 5.78. The molecule has 0 atom stereocenters. The maximum Gasteiger partial charge on any atom is 0.244 e. The molecule has 0 bridgehead atoms. The summed E-state index contributed by atoms with van der Waals surface area (Å²) < 4.78 is 5.21. The van der Waals surface area contributed by atoms with Crippen molar-refractivity contribution in [3.8, 4) is 5.75 Å². The van der Waals surface area contributed by atoms with Crippen molar-refractivity contribution >= 4 is 22.4 Å². The van der Waals surface area contributed by atoms with Gasteiger partial charge in [-0.25, -0.2) is 5.43 Å². The van der Waals surface area contributed by atoms with E-state index in [1.165, 1.54) is 0 Å². The van der Waals surface area contributed by atoms with Crippen molar-refractivity contribution in [1.82, 2.24) is 5.43 Å². The number of nitrogens with one attached hydrogen (secondary N) is 1. The Kier molecular flexibility index (Phi) is 5.09. The minimum atomic E-state index is -0.140. The average Bonchev–Trinajstić information content (AvgIpc) is 2.66. The van der Waals surface area contributed by atoms with Crippen molar-refractivity contribution in [2.75, 3.05) is 7.11 Å². The maximum atomic E-state index is 12.3. The van der Waals surface area contributed by atoms with E-state index in [4.69, 9.17) is 4.74 Å². The molecule has 126 valence electrons. The smallest absolute Gasteiger partial charge is 0.244 e. The first-order chi connectivity index (χ1) is 12.2. The Morgan fingerprint density at radius 2 is 1.80 bits per heavy atom. The normalized spacial score (nSPS) is 11.4. The number of carbonyl (C=O) groups is 1. The van der Waals surface area contributed by atoms with E-state index in [0.717, 1.165) is 33.4 Å². The SMILES string of the molecule is COc1cccc(C(C)=NNC(=O)Cc2cccc3ccccc23)c1. The third-order valence-corrected chi connectivity index (χ3v) is 4.07. The quantitative estimate of drug-likeness (QED) is 0.568. The molecule has 4 nitrogen and oxygen atoms in total. The van der Waals surface area contributed by atoms with Gasteiger partial charge in [-0.3, -0.25) is 4.79 Å². The van der Waals surface area contributed by atoms with Crippen LogP contribution in [0, 0.1) is 0 Å². The molecule has 0 unspecified atom stereocenters. The minimum Gasteiger partial charge on any atom is -0.497 e. The monoisotopic (exact) mass is 332 g/mol. The molecule has 1 N–H and O–H groups in total. The lowest BCUT2D eigenvalue weighted by Gasteiger charge is -2.07. The number of hydrogen-bond acceptors (Lipinski definition) is 3. The summed E-state index contributed by atoms with van der Waals surface area (Å²) in [7, 11) is 1.62. The number of fused-ring (bicyclic) bond motifs is 1. The molecule has 0 aromatic heterocycles. The molecule has 0 aliphatic heterocycles. The van der Waals surface area contributed by atoms with E-state index in [0.29, 0.717) is 0 Å².